The minimum atomic E-state index is -0.427. The average Bonchev–Trinajstić information content (AvgIpc) is 2.45. The Kier molecular flexibility index (Phi) is 4.42. The first-order chi connectivity index (χ1) is 10.0. The van der Waals surface area contributed by atoms with E-state index < -0.39 is 4.92 Å². The maximum atomic E-state index is 11.1. The van der Waals surface area contributed by atoms with Crippen molar-refractivity contribution in [3.8, 4) is 11.5 Å². The van der Waals surface area contributed by atoms with Crippen molar-refractivity contribution in [1.82, 2.24) is 0 Å². The van der Waals surface area contributed by atoms with Crippen molar-refractivity contribution in [3.63, 3.8) is 0 Å². The molecule has 2 aromatic rings. The largest absolute Gasteiger partial charge is 0.496 e. The van der Waals surface area contributed by atoms with Crippen LogP contribution >= 0.6 is 0 Å². The molecule has 0 atom stereocenters. The molecule has 0 amide bonds. The molecule has 0 N–H and O–H groups in total. The zero-order chi connectivity index (χ0) is 15.4. The van der Waals surface area contributed by atoms with Gasteiger partial charge in [-0.2, -0.15) is 0 Å². The second kappa shape index (κ2) is 6.26. The van der Waals surface area contributed by atoms with Crippen LogP contribution in [-0.4, -0.2) is 12.0 Å². The fraction of sp³-hybridized carbons (Fsp3) is 0.250. The van der Waals surface area contributed by atoms with Crippen LogP contribution in [0.5, 0.6) is 11.5 Å². The lowest BCUT2D eigenvalue weighted by atomic mass is 10.1. The van der Waals surface area contributed by atoms with Crippen LogP contribution in [0.2, 0.25) is 0 Å². The molecular weight excluding hydrogens is 270 g/mol. The molecule has 5 heteroatoms. The third-order valence-corrected chi connectivity index (χ3v) is 3.23. The van der Waals surface area contributed by atoms with Crippen molar-refractivity contribution >= 4 is 5.69 Å². The van der Waals surface area contributed by atoms with Crippen molar-refractivity contribution in [1.29, 1.82) is 0 Å². The Morgan fingerprint density at radius 2 is 1.90 bits per heavy atom. The Morgan fingerprint density at radius 1 is 1.14 bits per heavy atom. The fourth-order valence-corrected chi connectivity index (χ4v) is 2.17. The molecule has 0 spiro atoms. The molecule has 0 radical (unpaired) electrons. The van der Waals surface area contributed by atoms with Crippen LogP contribution in [0.1, 0.15) is 16.7 Å². The van der Waals surface area contributed by atoms with Crippen molar-refractivity contribution in [2.45, 2.75) is 20.5 Å². The molecular formula is C16H17NO4. The zero-order valence-electron chi connectivity index (χ0n) is 12.3. The Morgan fingerprint density at radius 3 is 2.52 bits per heavy atom. The van der Waals surface area contributed by atoms with Crippen LogP contribution in [-0.2, 0) is 6.61 Å². The van der Waals surface area contributed by atoms with Gasteiger partial charge in [0, 0.05) is 6.07 Å². The predicted octanol–water partition coefficient (Wildman–Crippen LogP) is 3.80. The van der Waals surface area contributed by atoms with E-state index in [-0.39, 0.29) is 12.3 Å². The molecule has 0 saturated carbocycles. The van der Waals surface area contributed by atoms with E-state index >= 15 is 0 Å². The summed E-state index contributed by atoms with van der Waals surface area (Å²) in [4.78, 5) is 10.7. The summed E-state index contributed by atoms with van der Waals surface area (Å²) < 4.78 is 10.9. The monoisotopic (exact) mass is 287 g/mol. The summed E-state index contributed by atoms with van der Waals surface area (Å²) >= 11 is 0. The second-order valence-corrected chi connectivity index (χ2v) is 4.77. The topological polar surface area (TPSA) is 61.6 Å². The van der Waals surface area contributed by atoms with Crippen molar-refractivity contribution in [3.05, 3.63) is 63.2 Å². The number of rotatable bonds is 5. The van der Waals surface area contributed by atoms with Crippen LogP contribution in [0.25, 0.3) is 0 Å². The number of nitrogens with zero attached hydrogens (tertiary/aromatic N) is 1. The number of methoxy groups -OCH3 is 1. The van der Waals surface area contributed by atoms with Crippen molar-refractivity contribution in [2.24, 2.45) is 0 Å². The SMILES string of the molecule is COc1cccc([N+](=O)[O-])c1COc1ccc(C)cc1C. The molecule has 5 nitrogen and oxygen atoms in total. The summed E-state index contributed by atoms with van der Waals surface area (Å²) in [6.45, 7) is 4.03. The number of nitro benzene ring substituents is 1. The molecule has 0 aliphatic carbocycles. The van der Waals surface area contributed by atoms with Gasteiger partial charge >= 0.3 is 0 Å². The Balaban J connectivity index is 2.28. The summed E-state index contributed by atoms with van der Waals surface area (Å²) in [6, 6.07) is 10.5. The molecule has 0 fully saturated rings. The summed E-state index contributed by atoms with van der Waals surface area (Å²) in [7, 11) is 1.49. The molecule has 0 bridgehead atoms. The molecule has 0 saturated heterocycles. The second-order valence-electron chi connectivity index (χ2n) is 4.77. The Labute approximate surface area is 123 Å². The third-order valence-electron chi connectivity index (χ3n) is 3.23. The van der Waals surface area contributed by atoms with Crippen LogP contribution in [0.3, 0.4) is 0 Å². The Bertz CT molecular complexity index is 667. The minimum absolute atomic E-state index is 0.000820. The van der Waals surface area contributed by atoms with Crippen LogP contribution < -0.4 is 9.47 Å². The minimum Gasteiger partial charge on any atom is -0.496 e. The van der Waals surface area contributed by atoms with E-state index in [1.165, 1.54) is 13.2 Å². The van der Waals surface area contributed by atoms with Gasteiger partial charge in [0.15, 0.2) is 0 Å². The molecule has 110 valence electrons. The van der Waals surface area contributed by atoms with Gasteiger partial charge in [0.05, 0.1) is 12.0 Å². The standard InChI is InChI=1S/C16H17NO4/c1-11-7-8-15(12(2)9-11)21-10-13-14(17(18)19)5-4-6-16(13)20-3/h4-9H,10H2,1-3H3. The van der Waals surface area contributed by atoms with Gasteiger partial charge in [0.25, 0.3) is 5.69 Å². The Hall–Kier alpha value is -2.56. The molecule has 0 unspecified atom stereocenters. The number of ether oxygens (including phenoxy) is 2. The molecule has 2 aromatic carbocycles. The molecule has 0 aliphatic rings. The van der Waals surface area contributed by atoms with Crippen molar-refractivity contribution in [2.75, 3.05) is 7.11 Å². The highest BCUT2D eigenvalue weighted by Gasteiger charge is 2.19. The fourth-order valence-electron chi connectivity index (χ4n) is 2.17. The average molecular weight is 287 g/mol. The number of nitro groups is 1. The first-order valence-electron chi connectivity index (χ1n) is 6.53. The van der Waals surface area contributed by atoms with Crippen LogP contribution in [0, 0.1) is 24.0 Å². The van der Waals surface area contributed by atoms with Gasteiger partial charge in [-0.25, -0.2) is 0 Å². The number of benzene rings is 2. The first-order valence-corrected chi connectivity index (χ1v) is 6.53. The number of aryl methyl sites for hydroxylation is 2. The van der Waals surface area contributed by atoms with Gasteiger partial charge in [0.1, 0.15) is 23.7 Å². The zero-order valence-corrected chi connectivity index (χ0v) is 12.3. The lowest BCUT2D eigenvalue weighted by Gasteiger charge is -2.12. The van der Waals surface area contributed by atoms with E-state index in [4.69, 9.17) is 9.47 Å². The molecule has 0 aliphatic heterocycles. The summed E-state index contributed by atoms with van der Waals surface area (Å²) in [6.07, 6.45) is 0. The normalized spacial score (nSPS) is 10.2. The van der Waals surface area contributed by atoms with E-state index in [0.29, 0.717) is 17.1 Å². The maximum absolute atomic E-state index is 11.1. The van der Waals surface area contributed by atoms with Crippen molar-refractivity contribution < 1.29 is 14.4 Å². The van der Waals surface area contributed by atoms with Gasteiger partial charge in [-0.05, 0) is 31.5 Å². The van der Waals surface area contributed by atoms with Crippen LogP contribution in [0.4, 0.5) is 5.69 Å². The quantitative estimate of drug-likeness (QED) is 0.620. The van der Waals surface area contributed by atoms with Gasteiger partial charge < -0.3 is 9.47 Å². The van der Waals surface area contributed by atoms with E-state index in [9.17, 15) is 10.1 Å². The maximum Gasteiger partial charge on any atom is 0.279 e. The van der Waals surface area contributed by atoms with E-state index in [1.807, 2.05) is 32.0 Å². The smallest absolute Gasteiger partial charge is 0.279 e. The first kappa shape index (κ1) is 14.8. The molecule has 0 aromatic heterocycles. The molecule has 0 heterocycles. The lowest BCUT2D eigenvalue weighted by molar-refractivity contribution is -0.385. The van der Waals surface area contributed by atoms with E-state index in [2.05, 4.69) is 0 Å². The summed E-state index contributed by atoms with van der Waals surface area (Å²) in [5.74, 6) is 1.16. The lowest BCUT2D eigenvalue weighted by Crippen LogP contribution is -2.04. The highest BCUT2D eigenvalue weighted by Crippen LogP contribution is 2.30. The summed E-state index contributed by atoms with van der Waals surface area (Å²) in [5, 5.41) is 11.1. The molecule has 2 rings (SSSR count). The van der Waals surface area contributed by atoms with Crippen LogP contribution in [0.15, 0.2) is 36.4 Å². The number of hydrogen-bond acceptors (Lipinski definition) is 4. The van der Waals surface area contributed by atoms with Gasteiger partial charge in [0.2, 0.25) is 0 Å². The highest BCUT2D eigenvalue weighted by molar-refractivity contribution is 5.49. The van der Waals surface area contributed by atoms with Gasteiger partial charge in [-0.1, -0.05) is 23.8 Å². The molecule has 21 heavy (non-hydrogen) atoms. The summed E-state index contributed by atoms with van der Waals surface area (Å²) in [5.41, 5.74) is 2.57. The van der Waals surface area contributed by atoms with E-state index in [1.54, 1.807) is 12.1 Å². The highest BCUT2D eigenvalue weighted by atomic mass is 16.6. The van der Waals surface area contributed by atoms with E-state index in [0.717, 1.165) is 11.1 Å². The predicted molar refractivity (Wildman–Crippen MR) is 79.9 cm³/mol. The van der Waals surface area contributed by atoms with Gasteiger partial charge in [-0.3, -0.25) is 10.1 Å². The third kappa shape index (κ3) is 3.31. The van der Waals surface area contributed by atoms with Gasteiger partial charge in [-0.15, -0.1) is 0 Å². The number of hydrogen-bond donors (Lipinski definition) is 0.